The summed E-state index contributed by atoms with van der Waals surface area (Å²) in [4.78, 5) is 37.1. The topological polar surface area (TPSA) is 72.5 Å². The maximum absolute atomic E-state index is 12.0. The van der Waals surface area contributed by atoms with Crippen molar-refractivity contribution in [1.82, 2.24) is 0 Å². The van der Waals surface area contributed by atoms with E-state index in [0.29, 0.717) is 4.88 Å². The number of hydrogen-bond acceptors (Lipinski definition) is 6. The predicted molar refractivity (Wildman–Crippen MR) is 88.9 cm³/mol. The molecule has 118 valence electrons. The van der Waals surface area contributed by atoms with E-state index in [9.17, 15) is 14.4 Å². The first-order valence-corrected chi connectivity index (χ1v) is 8.68. The van der Waals surface area contributed by atoms with Crippen molar-refractivity contribution in [2.45, 2.75) is 16.6 Å². The largest absolute Gasteiger partial charge is 0.457 e. The molecule has 1 aromatic heterocycles. The van der Waals surface area contributed by atoms with Crippen molar-refractivity contribution in [3.05, 3.63) is 46.7 Å². The third kappa shape index (κ3) is 3.80. The van der Waals surface area contributed by atoms with E-state index in [4.69, 9.17) is 4.74 Å². The lowest BCUT2D eigenvalue weighted by atomic mass is 10.2. The maximum atomic E-state index is 12.0. The lowest BCUT2D eigenvalue weighted by molar-refractivity contribution is -0.143. The fraction of sp³-hybridized carbons (Fsp3) is 0.188. The number of Topliss-reactive ketones (excluding diaryl/α,β-unsaturated/α-hetero) is 1. The fourth-order valence-corrected chi connectivity index (χ4v) is 3.84. The van der Waals surface area contributed by atoms with Crippen molar-refractivity contribution in [2.24, 2.45) is 0 Å². The monoisotopic (exact) mass is 347 g/mol. The Hall–Kier alpha value is -2.12. The number of amides is 1. The van der Waals surface area contributed by atoms with E-state index in [1.54, 1.807) is 17.5 Å². The van der Waals surface area contributed by atoms with Gasteiger partial charge in [0.15, 0.2) is 6.61 Å². The highest BCUT2D eigenvalue weighted by molar-refractivity contribution is 8.01. The second-order valence-corrected chi connectivity index (χ2v) is 7.05. The summed E-state index contributed by atoms with van der Waals surface area (Å²) in [5.74, 6) is -1.02. The minimum atomic E-state index is -0.554. The van der Waals surface area contributed by atoms with Crippen LogP contribution in [0.25, 0.3) is 0 Å². The normalized spacial score (nSPS) is 16.3. The van der Waals surface area contributed by atoms with Gasteiger partial charge in [-0.2, -0.15) is 0 Å². The number of carbonyl (C=O) groups excluding carboxylic acids is 3. The van der Waals surface area contributed by atoms with Crippen molar-refractivity contribution in [1.29, 1.82) is 0 Å². The van der Waals surface area contributed by atoms with Gasteiger partial charge in [-0.15, -0.1) is 23.1 Å². The SMILES string of the molecule is O=C(C[C@H]1Sc2ccccc2NC1=O)OCC(=O)c1cccs1. The number of nitrogens with one attached hydrogen (secondary N) is 1. The Morgan fingerprint density at radius 2 is 2.00 bits per heavy atom. The third-order valence-electron chi connectivity index (χ3n) is 3.22. The zero-order valence-electron chi connectivity index (χ0n) is 12.0. The number of hydrogen-bond donors (Lipinski definition) is 1. The molecule has 23 heavy (non-hydrogen) atoms. The van der Waals surface area contributed by atoms with E-state index in [1.165, 1.54) is 23.1 Å². The first-order chi connectivity index (χ1) is 11.1. The van der Waals surface area contributed by atoms with E-state index < -0.39 is 11.2 Å². The van der Waals surface area contributed by atoms with Crippen molar-refractivity contribution in [3.8, 4) is 0 Å². The standard InChI is InChI=1S/C16H13NO4S2/c18-11(13-6-3-7-22-13)9-21-15(19)8-14-16(20)17-10-4-1-2-5-12(10)23-14/h1-7,14H,8-9H2,(H,17,20)/t14-/m1/s1. The number of carbonyl (C=O) groups is 3. The van der Waals surface area contributed by atoms with Gasteiger partial charge in [0.25, 0.3) is 0 Å². The molecular formula is C16H13NO4S2. The maximum Gasteiger partial charge on any atom is 0.307 e. The molecule has 1 aliphatic rings. The summed E-state index contributed by atoms with van der Waals surface area (Å²) >= 11 is 2.63. The van der Waals surface area contributed by atoms with Gasteiger partial charge in [-0.3, -0.25) is 14.4 Å². The molecule has 0 unspecified atom stereocenters. The number of fused-ring (bicyclic) bond motifs is 1. The van der Waals surface area contributed by atoms with Crippen LogP contribution < -0.4 is 5.32 Å². The Morgan fingerprint density at radius 3 is 2.78 bits per heavy atom. The van der Waals surface area contributed by atoms with E-state index in [1.807, 2.05) is 24.3 Å². The molecule has 0 aliphatic carbocycles. The summed E-state index contributed by atoms with van der Waals surface area (Å²) in [6.07, 6.45) is -0.0669. The number of benzene rings is 1. The Bertz CT molecular complexity index is 742. The summed E-state index contributed by atoms with van der Waals surface area (Å²) in [7, 11) is 0. The Balaban J connectivity index is 1.54. The van der Waals surface area contributed by atoms with Crippen LogP contribution in [0.2, 0.25) is 0 Å². The molecule has 0 spiro atoms. The third-order valence-corrected chi connectivity index (χ3v) is 5.40. The second kappa shape index (κ2) is 6.97. The number of ketones is 1. The van der Waals surface area contributed by atoms with Gasteiger partial charge in [-0.1, -0.05) is 18.2 Å². The Morgan fingerprint density at radius 1 is 1.17 bits per heavy atom. The average Bonchev–Trinajstić information content (AvgIpc) is 3.08. The molecule has 1 N–H and O–H groups in total. The van der Waals surface area contributed by atoms with Gasteiger partial charge < -0.3 is 10.1 Å². The minimum Gasteiger partial charge on any atom is -0.457 e. The molecule has 0 saturated carbocycles. The number of ether oxygens (including phenoxy) is 1. The minimum absolute atomic E-state index is 0.0669. The number of thiophene rings is 1. The van der Waals surface area contributed by atoms with E-state index in [0.717, 1.165) is 10.6 Å². The van der Waals surface area contributed by atoms with Crippen LogP contribution in [0, 0.1) is 0 Å². The first kappa shape index (κ1) is 15.8. The molecule has 2 heterocycles. The zero-order valence-corrected chi connectivity index (χ0v) is 13.6. The Kier molecular flexibility index (Phi) is 4.78. The highest BCUT2D eigenvalue weighted by Gasteiger charge is 2.29. The summed E-state index contributed by atoms with van der Waals surface area (Å²) in [5.41, 5.74) is 0.750. The van der Waals surface area contributed by atoms with Crippen LogP contribution >= 0.6 is 23.1 Å². The molecule has 0 bridgehead atoms. The lowest BCUT2D eigenvalue weighted by Crippen LogP contribution is -2.31. The highest BCUT2D eigenvalue weighted by atomic mass is 32.2. The van der Waals surface area contributed by atoms with Crippen molar-refractivity contribution in [2.75, 3.05) is 11.9 Å². The van der Waals surface area contributed by atoms with Crippen LogP contribution in [0.3, 0.4) is 0 Å². The van der Waals surface area contributed by atoms with Gasteiger partial charge in [-0.05, 0) is 23.6 Å². The molecule has 0 fully saturated rings. The molecule has 0 saturated heterocycles. The van der Waals surface area contributed by atoms with E-state index in [2.05, 4.69) is 5.32 Å². The quantitative estimate of drug-likeness (QED) is 0.665. The summed E-state index contributed by atoms with van der Waals surface area (Å²) in [6, 6.07) is 10.9. The van der Waals surface area contributed by atoms with Gasteiger partial charge in [0, 0.05) is 4.90 Å². The van der Waals surface area contributed by atoms with Crippen LogP contribution in [-0.4, -0.2) is 29.5 Å². The van der Waals surface area contributed by atoms with Crippen LogP contribution in [0.5, 0.6) is 0 Å². The van der Waals surface area contributed by atoms with Crippen LogP contribution in [0.4, 0.5) is 5.69 Å². The van der Waals surface area contributed by atoms with Gasteiger partial charge in [0.1, 0.15) is 0 Å². The number of esters is 1. The molecule has 7 heteroatoms. The smallest absolute Gasteiger partial charge is 0.307 e. The van der Waals surface area contributed by atoms with Gasteiger partial charge in [0.05, 0.1) is 22.2 Å². The van der Waals surface area contributed by atoms with Gasteiger partial charge in [-0.25, -0.2) is 0 Å². The highest BCUT2D eigenvalue weighted by Crippen LogP contribution is 2.36. The molecule has 3 rings (SSSR count). The number of anilines is 1. The summed E-state index contributed by atoms with van der Waals surface area (Å²) < 4.78 is 4.99. The van der Waals surface area contributed by atoms with Crippen molar-refractivity contribution < 1.29 is 19.1 Å². The molecular weight excluding hydrogens is 334 g/mol. The molecule has 1 aromatic carbocycles. The van der Waals surface area contributed by atoms with E-state index in [-0.39, 0.29) is 24.7 Å². The summed E-state index contributed by atoms with van der Waals surface area (Å²) in [5, 5.41) is 4.01. The molecule has 0 radical (unpaired) electrons. The molecule has 2 aromatic rings. The predicted octanol–water partition coefficient (Wildman–Crippen LogP) is 2.98. The lowest BCUT2D eigenvalue weighted by Gasteiger charge is -2.23. The molecule has 1 aliphatic heterocycles. The van der Waals surface area contributed by atoms with Crippen molar-refractivity contribution in [3.63, 3.8) is 0 Å². The van der Waals surface area contributed by atoms with Gasteiger partial charge >= 0.3 is 5.97 Å². The zero-order chi connectivity index (χ0) is 16.2. The van der Waals surface area contributed by atoms with Gasteiger partial charge in [0.2, 0.25) is 11.7 Å². The molecule has 1 atom stereocenters. The number of para-hydroxylation sites is 1. The number of rotatable bonds is 5. The second-order valence-electron chi connectivity index (χ2n) is 4.86. The fourth-order valence-electron chi connectivity index (χ4n) is 2.09. The van der Waals surface area contributed by atoms with Crippen LogP contribution in [0.15, 0.2) is 46.7 Å². The van der Waals surface area contributed by atoms with Crippen LogP contribution in [0.1, 0.15) is 16.1 Å². The van der Waals surface area contributed by atoms with Crippen molar-refractivity contribution >= 4 is 46.4 Å². The average molecular weight is 347 g/mol. The summed E-state index contributed by atoms with van der Waals surface area (Å²) in [6.45, 7) is -0.297. The first-order valence-electron chi connectivity index (χ1n) is 6.92. The van der Waals surface area contributed by atoms with E-state index >= 15 is 0 Å². The Labute approximate surface area is 141 Å². The number of thioether (sulfide) groups is 1. The van der Waals surface area contributed by atoms with Crippen LogP contribution in [-0.2, 0) is 14.3 Å². The molecule has 5 nitrogen and oxygen atoms in total. The molecule has 1 amide bonds.